The highest BCUT2D eigenvalue weighted by Gasteiger charge is 2.38. The summed E-state index contributed by atoms with van der Waals surface area (Å²) in [6, 6.07) is 0. The molecule has 3 aliphatic rings. The van der Waals surface area contributed by atoms with Crippen LogP contribution in [0.25, 0.3) is 0 Å². The van der Waals surface area contributed by atoms with E-state index in [9.17, 15) is 5.11 Å². The molecule has 18 heavy (non-hydrogen) atoms. The fourth-order valence-electron chi connectivity index (χ4n) is 5.06. The quantitative estimate of drug-likeness (QED) is 0.686. The van der Waals surface area contributed by atoms with Gasteiger partial charge in [-0.2, -0.15) is 0 Å². The molecule has 1 heteroatoms. The molecule has 0 aromatic carbocycles. The second kappa shape index (κ2) is 5.36. The third-order valence-electron chi connectivity index (χ3n) is 6.03. The molecule has 1 nitrogen and oxygen atoms in total. The van der Waals surface area contributed by atoms with Crippen molar-refractivity contribution in [1.82, 2.24) is 0 Å². The van der Waals surface area contributed by atoms with Crippen LogP contribution in [0.4, 0.5) is 0 Å². The maximum Gasteiger partial charge on any atom is 0.0577 e. The first-order chi connectivity index (χ1) is 8.78. The Morgan fingerprint density at radius 2 is 1.72 bits per heavy atom. The molecule has 0 spiro atoms. The third-order valence-corrected chi connectivity index (χ3v) is 6.03. The maximum atomic E-state index is 9.84. The molecule has 1 N–H and O–H groups in total. The van der Waals surface area contributed by atoms with Gasteiger partial charge < -0.3 is 5.11 Å². The molecule has 5 unspecified atom stereocenters. The maximum absolute atomic E-state index is 9.84. The van der Waals surface area contributed by atoms with Crippen LogP contribution in [0.2, 0.25) is 0 Å². The van der Waals surface area contributed by atoms with Gasteiger partial charge in [-0.25, -0.2) is 0 Å². The van der Waals surface area contributed by atoms with Crippen LogP contribution in [0.3, 0.4) is 0 Å². The highest BCUT2D eigenvalue weighted by atomic mass is 16.3. The molecule has 3 fully saturated rings. The summed E-state index contributed by atoms with van der Waals surface area (Å²) in [6.45, 7) is 2.17. The molecular formula is C17H28O. The van der Waals surface area contributed by atoms with Gasteiger partial charge in [0.2, 0.25) is 0 Å². The monoisotopic (exact) mass is 248 g/mol. The van der Waals surface area contributed by atoms with E-state index in [4.69, 9.17) is 0 Å². The van der Waals surface area contributed by atoms with E-state index in [-0.39, 0.29) is 6.10 Å². The molecule has 3 aliphatic carbocycles. The van der Waals surface area contributed by atoms with Gasteiger partial charge in [0.1, 0.15) is 0 Å². The highest BCUT2D eigenvalue weighted by molar-refractivity contribution is 5.12. The number of allylic oxidation sites excluding steroid dienone is 1. The lowest BCUT2D eigenvalue weighted by molar-refractivity contribution is 0.0998. The summed E-state index contributed by atoms with van der Waals surface area (Å²) in [5.74, 6) is 3.86. The average Bonchev–Trinajstić information content (AvgIpc) is 2.85. The summed E-state index contributed by atoms with van der Waals surface area (Å²) in [4.78, 5) is 0. The predicted octanol–water partition coefficient (Wildman–Crippen LogP) is 4.31. The fourth-order valence-corrected chi connectivity index (χ4v) is 5.06. The van der Waals surface area contributed by atoms with Crippen molar-refractivity contribution < 1.29 is 5.11 Å². The molecule has 0 aromatic heterocycles. The zero-order valence-electron chi connectivity index (χ0n) is 11.8. The van der Waals surface area contributed by atoms with Crippen molar-refractivity contribution in [3.05, 3.63) is 11.6 Å². The van der Waals surface area contributed by atoms with Crippen LogP contribution in [0, 0.1) is 23.7 Å². The Kier molecular flexibility index (Phi) is 3.79. The van der Waals surface area contributed by atoms with Crippen molar-refractivity contribution >= 4 is 0 Å². The fraction of sp³-hybridized carbons (Fsp3) is 0.882. The molecule has 102 valence electrons. The van der Waals surface area contributed by atoms with Crippen LogP contribution in [-0.4, -0.2) is 11.2 Å². The first-order valence-corrected chi connectivity index (χ1v) is 8.11. The van der Waals surface area contributed by atoms with E-state index in [1.807, 2.05) is 0 Å². The molecule has 0 radical (unpaired) electrons. The van der Waals surface area contributed by atoms with Crippen molar-refractivity contribution in [2.24, 2.45) is 23.7 Å². The Hall–Kier alpha value is -0.300. The second-order valence-electron chi connectivity index (χ2n) is 6.93. The topological polar surface area (TPSA) is 20.2 Å². The van der Waals surface area contributed by atoms with E-state index in [1.165, 1.54) is 44.9 Å². The smallest absolute Gasteiger partial charge is 0.0577 e. The van der Waals surface area contributed by atoms with E-state index in [0.29, 0.717) is 0 Å². The van der Waals surface area contributed by atoms with Crippen LogP contribution >= 0.6 is 0 Å². The van der Waals surface area contributed by atoms with Gasteiger partial charge in [0.05, 0.1) is 6.10 Å². The van der Waals surface area contributed by atoms with Crippen molar-refractivity contribution in [2.45, 2.75) is 70.8 Å². The number of hydrogen-bond acceptors (Lipinski definition) is 1. The molecule has 0 bridgehead atoms. The number of hydrogen-bond donors (Lipinski definition) is 1. The number of aliphatic hydroxyl groups excluding tert-OH is 1. The van der Waals surface area contributed by atoms with Gasteiger partial charge in [-0.1, -0.05) is 30.9 Å². The third kappa shape index (κ3) is 2.39. The lowest BCUT2D eigenvalue weighted by Gasteiger charge is -2.40. The Bertz CT molecular complexity index is 320. The summed E-state index contributed by atoms with van der Waals surface area (Å²) in [6.07, 6.45) is 14.4. The SMILES string of the molecule is C/C=C1/CC(O)CCC1C1CCC2CCCC2C1. The summed E-state index contributed by atoms with van der Waals surface area (Å²) < 4.78 is 0. The zero-order valence-corrected chi connectivity index (χ0v) is 11.8. The van der Waals surface area contributed by atoms with E-state index >= 15 is 0 Å². The average molecular weight is 248 g/mol. The molecule has 0 amide bonds. The van der Waals surface area contributed by atoms with Gasteiger partial charge in [0.15, 0.2) is 0 Å². The van der Waals surface area contributed by atoms with E-state index < -0.39 is 0 Å². The first kappa shape index (κ1) is 12.7. The van der Waals surface area contributed by atoms with Crippen LogP contribution in [-0.2, 0) is 0 Å². The number of aliphatic hydroxyl groups is 1. The normalized spacial score (nSPS) is 47.2. The molecule has 0 saturated heterocycles. The summed E-state index contributed by atoms with van der Waals surface area (Å²) >= 11 is 0. The summed E-state index contributed by atoms with van der Waals surface area (Å²) in [5.41, 5.74) is 1.56. The first-order valence-electron chi connectivity index (χ1n) is 8.11. The number of fused-ring (bicyclic) bond motifs is 1. The van der Waals surface area contributed by atoms with Crippen LogP contribution < -0.4 is 0 Å². The molecular weight excluding hydrogens is 220 g/mol. The minimum atomic E-state index is -0.0599. The van der Waals surface area contributed by atoms with E-state index in [1.54, 1.807) is 5.57 Å². The largest absolute Gasteiger partial charge is 0.393 e. The standard InChI is InChI=1S/C17H28O/c1-2-12-11-16(18)8-9-17(12)15-7-6-13-4-3-5-14(13)10-15/h2,13-18H,3-11H2,1H3/b12-2-. The zero-order chi connectivity index (χ0) is 12.5. The predicted molar refractivity (Wildman–Crippen MR) is 75.3 cm³/mol. The van der Waals surface area contributed by atoms with Crippen molar-refractivity contribution in [3.8, 4) is 0 Å². The van der Waals surface area contributed by atoms with Gasteiger partial charge in [-0.15, -0.1) is 0 Å². The Balaban J connectivity index is 1.67. The Labute approximate surface area is 112 Å². The molecule has 0 aromatic rings. The van der Waals surface area contributed by atoms with Gasteiger partial charge >= 0.3 is 0 Å². The van der Waals surface area contributed by atoms with Crippen molar-refractivity contribution in [3.63, 3.8) is 0 Å². The van der Waals surface area contributed by atoms with Crippen LogP contribution in [0.1, 0.15) is 64.7 Å². The molecule has 0 heterocycles. The molecule has 3 rings (SSSR count). The molecule has 5 atom stereocenters. The summed E-state index contributed by atoms with van der Waals surface area (Å²) in [7, 11) is 0. The van der Waals surface area contributed by atoms with Crippen LogP contribution in [0.5, 0.6) is 0 Å². The Morgan fingerprint density at radius 3 is 2.56 bits per heavy atom. The van der Waals surface area contributed by atoms with Gasteiger partial charge in [-0.05, 0) is 69.1 Å². The van der Waals surface area contributed by atoms with E-state index in [2.05, 4.69) is 13.0 Å². The molecule has 3 saturated carbocycles. The van der Waals surface area contributed by atoms with Gasteiger partial charge in [0.25, 0.3) is 0 Å². The second-order valence-corrected chi connectivity index (χ2v) is 6.93. The van der Waals surface area contributed by atoms with Crippen molar-refractivity contribution in [2.75, 3.05) is 0 Å². The van der Waals surface area contributed by atoms with Gasteiger partial charge in [-0.3, -0.25) is 0 Å². The van der Waals surface area contributed by atoms with Gasteiger partial charge in [0, 0.05) is 0 Å². The lowest BCUT2D eigenvalue weighted by atomic mass is 9.66. The lowest BCUT2D eigenvalue weighted by Crippen LogP contribution is -2.31. The number of rotatable bonds is 1. The minimum absolute atomic E-state index is 0.0599. The van der Waals surface area contributed by atoms with E-state index in [0.717, 1.165) is 36.5 Å². The molecule has 0 aliphatic heterocycles. The van der Waals surface area contributed by atoms with Crippen molar-refractivity contribution in [1.29, 1.82) is 0 Å². The summed E-state index contributed by atoms with van der Waals surface area (Å²) in [5, 5.41) is 9.84. The minimum Gasteiger partial charge on any atom is -0.393 e. The highest BCUT2D eigenvalue weighted by Crippen LogP contribution is 2.49. The van der Waals surface area contributed by atoms with Crippen LogP contribution in [0.15, 0.2) is 11.6 Å². The Morgan fingerprint density at radius 1 is 0.944 bits per heavy atom.